The molecule has 2 aromatic rings. The average molecular weight is 377 g/mol. The Morgan fingerprint density at radius 2 is 1.54 bits per heavy atom. The molecule has 1 N–H and O–H groups in total. The van der Waals surface area contributed by atoms with Gasteiger partial charge in [-0.05, 0) is 23.1 Å². The molecule has 2 aromatic carbocycles. The number of methoxy groups -OCH3 is 1. The summed E-state index contributed by atoms with van der Waals surface area (Å²) in [6, 6.07) is 17.3. The van der Waals surface area contributed by atoms with Crippen molar-refractivity contribution in [3.8, 4) is 11.1 Å². The Labute approximate surface area is 154 Å². The molecule has 1 atom stereocenters. The van der Waals surface area contributed by atoms with E-state index in [1.54, 1.807) is 0 Å². The molecule has 0 amide bonds. The molecule has 0 aliphatic heterocycles. The van der Waals surface area contributed by atoms with Gasteiger partial charge in [-0.1, -0.05) is 54.6 Å². The van der Waals surface area contributed by atoms with Gasteiger partial charge in [0.25, 0.3) is 0 Å². The van der Waals surface area contributed by atoms with Crippen molar-refractivity contribution < 1.29 is 23.1 Å². The van der Waals surface area contributed by atoms with E-state index in [1.807, 2.05) is 54.6 Å². The topological polar surface area (TPSA) is 73.9 Å². The van der Waals surface area contributed by atoms with Gasteiger partial charge >= 0.3 is 13.6 Å². The van der Waals surface area contributed by atoms with Crippen molar-refractivity contribution in [2.24, 2.45) is 0 Å². The van der Waals surface area contributed by atoms with E-state index in [1.165, 1.54) is 21.3 Å². The Morgan fingerprint density at radius 3 is 2.08 bits per heavy atom. The molecular weight excluding hydrogens is 353 g/mol. The van der Waals surface area contributed by atoms with E-state index in [4.69, 9.17) is 13.8 Å². The van der Waals surface area contributed by atoms with Crippen LogP contribution in [0, 0.1) is 0 Å². The summed E-state index contributed by atoms with van der Waals surface area (Å²) in [5.41, 5.74) is 3.18. The Hall–Kier alpha value is -1.98. The molecule has 0 heterocycles. The molecular formula is C19H24NO5P. The molecule has 0 radical (unpaired) electrons. The van der Waals surface area contributed by atoms with E-state index >= 15 is 0 Å². The second-order valence-corrected chi connectivity index (χ2v) is 7.95. The zero-order valence-electron chi connectivity index (χ0n) is 15.2. The van der Waals surface area contributed by atoms with Crippen LogP contribution in [0.2, 0.25) is 0 Å². The number of benzene rings is 2. The molecule has 0 saturated carbocycles. The lowest BCUT2D eigenvalue weighted by Crippen LogP contribution is -2.40. The minimum absolute atomic E-state index is 0.0815. The fraction of sp³-hybridized carbons (Fsp3) is 0.316. The lowest BCUT2D eigenvalue weighted by molar-refractivity contribution is -0.143. The number of rotatable bonds is 9. The second-order valence-electron chi connectivity index (χ2n) is 5.68. The number of hydrogen-bond donors (Lipinski definition) is 1. The molecule has 0 fully saturated rings. The predicted molar refractivity (Wildman–Crippen MR) is 101 cm³/mol. The van der Waals surface area contributed by atoms with Crippen molar-refractivity contribution in [1.82, 2.24) is 5.32 Å². The molecule has 0 aliphatic rings. The van der Waals surface area contributed by atoms with Crippen molar-refractivity contribution in [2.45, 2.75) is 12.5 Å². The summed E-state index contributed by atoms with van der Waals surface area (Å²) in [7, 11) is 0.678. The van der Waals surface area contributed by atoms with Crippen LogP contribution in [0.1, 0.15) is 5.56 Å². The van der Waals surface area contributed by atoms with Crippen LogP contribution in [-0.2, 0) is 29.6 Å². The maximum absolute atomic E-state index is 12.2. The first-order valence-electron chi connectivity index (χ1n) is 8.17. The first kappa shape index (κ1) is 20.3. The Morgan fingerprint density at radius 1 is 0.962 bits per heavy atom. The SMILES string of the molecule is COC(=O)[C@H](Cc1ccc(-c2ccccc2)cc1)NCP(=O)(OC)OC. The van der Waals surface area contributed by atoms with Crippen molar-refractivity contribution >= 4 is 13.6 Å². The number of hydrogen-bond acceptors (Lipinski definition) is 6. The number of nitrogens with one attached hydrogen (secondary N) is 1. The lowest BCUT2D eigenvalue weighted by atomic mass is 10.0. The van der Waals surface area contributed by atoms with Crippen molar-refractivity contribution in [3.05, 3.63) is 60.2 Å². The van der Waals surface area contributed by atoms with Gasteiger partial charge in [-0.3, -0.25) is 14.7 Å². The van der Waals surface area contributed by atoms with Crippen LogP contribution in [0.15, 0.2) is 54.6 Å². The summed E-state index contributed by atoms with van der Waals surface area (Å²) >= 11 is 0. The van der Waals surface area contributed by atoms with Gasteiger partial charge in [0.15, 0.2) is 0 Å². The van der Waals surface area contributed by atoms with Gasteiger partial charge in [0.2, 0.25) is 0 Å². The summed E-state index contributed by atoms with van der Waals surface area (Å²) < 4.78 is 26.8. The van der Waals surface area contributed by atoms with Crippen LogP contribution < -0.4 is 5.32 Å². The zero-order valence-corrected chi connectivity index (χ0v) is 16.1. The maximum Gasteiger partial charge on any atom is 0.343 e. The summed E-state index contributed by atoms with van der Waals surface area (Å²) in [4.78, 5) is 12.0. The highest BCUT2D eigenvalue weighted by molar-refractivity contribution is 7.53. The molecule has 0 aromatic heterocycles. The van der Waals surface area contributed by atoms with Gasteiger partial charge in [-0.25, -0.2) is 0 Å². The number of esters is 1. The normalized spacial score (nSPS) is 12.6. The fourth-order valence-corrected chi connectivity index (χ4v) is 3.36. The third kappa shape index (κ3) is 5.51. The van der Waals surface area contributed by atoms with Crippen LogP contribution in [0.4, 0.5) is 0 Å². The maximum atomic E-state index is 12.2. The quantitative estimate of drug-likeness (QED) is 0.533. The molecule has 0 spiro atoms. The van der Waals surface area contributed by atoms with Crippen LogP contribution in [0.5, 0.6) is 0 Å². The number of ether oxygens (including phenoxy) is 1. The largest absolute Gasteiger partial charge is 0.468 e. The van der Waals surface area contributed by atoms with Crippen LogP contribution in [0.25, 0.3) is 11.1 Å². The van der Waals surface area contributed by atoms with E-state index in [9.17, 15) is 9.36 Å². The van der Waals surface area contributed by atoms with Gasteiger partial charge in [-0.2, -0.15) is 0 Å². The van der Waals surface area contributed by atoms with Gasteiger partial charge in [0, 0.05) is 14.2 Å². The highest BCUT2D eigenvalue weighted by Gasteiger charge is 2.26. The van der Waals surface area contributed by atoms with Crippen molar-refractivity contribution in [1.29, 1.82) is 0 Å². The molecule has 26 heavy (non-hydrogen) atoms. The Bertz CT molecular complexity index is 740. The zero-order chi connectivity index (χ0) is 19.0. The molecule has 7 heteroatoms. The molecule has 0 unspecified atom stereocenters. The third-order valence-corrected chi connectivity index (χ3v) is 5.76. The lowest BCUT2D eigenvalue weighted by Gasteiger charge is -2.20. The van der Waals surface area contributed by atoms with Gasteiger partial charge in [0.05, 0.1) is 13.4 Å². The Kier molecular flexibility index (Phi) is 7.54. The standard InChI is InChI=1S/C19H24NO5P/c1-23-19(21)18(20-14-26(22,24-2)25-3)13-15-9-11-17(12-10-15)16-7-5-4-6-8-16/h4-12,18,20H,13-14H2,1-3H3/t18-/m0/s1. The molecule has 140 valence electrons. The molecule has 0 bridgehead atoms. The fourth-order valence-electron chi connectivity index (χ4n) is 2.51. The smallest absolute Gasteiger partial charge is 0.343 e. The van der Waals surface area contributed by atoms with E-state index in [2.05, 4.69) is 5.32 Å². The summed E-state index contributed by atoms with van der Waals surface area (Å²) in [6.45, 7) is 0. The summed E-state index contributed by atoms with van der Waals surface area (Å²) in [5, 5.41) is 2.92. The Balaban J connectivity index is 2.08. The van der Waals surface area contributed by atoms with Gasteiger partial charge in [0.1, 0.15) is 6.04 Å². The predicted octanol–water partition coefficient (Wildman–Crippen LogP) is 3.47. The van der Waals surface area contributed by atoms with E-state index in [0.717, 1.165) is 16.7 Å². The summed E-state index contributed by atoms with van der Waals surface area (Å²) in [6.07, 6.45) is 0.317. The van der Waals surface area contributed by atoms with Crippen molar-refractivity contribution in [2.75, 3.05) is 27.6 Å². The average Bonchev–Trinajstić information content (AvgIpc) is 2.71. The van der Waals surface area contributed by atoms with E-state index in [0.29, 0.717) is 6.42 Å². The molecule has 2 rings (SSSR count). The minimum atomic E-state index is -3.26. The van der Waals surface area contributed by atoms with Crippen LogP contribution in [-0.4, -0.2) is 39.6 Å². The number of carbonyl (C=O) groups excluding carboxylic acids is 1. The van der Waals surface area contributed by atoms with Gasteiger partial charge < -0.3 is 13.8 Å². The molecule has 0 saturated heterocycles. The minimum Gasteiger partial charge on any atom is -0.468 e. The third-order valence-electron chi connectivity index (χ3n) is 4.07. The highest BCUT2D eigenvalue weighted by atomic mass is 31.2. The first-order valence-corrected chi connectivity index (χ1v) is 9.90. The van der Waals surface area contributed by atoms with Gasteiger partial charge in [-0.15, -0.1) is 0 Å². The van der Waals surface area contributed by atoms with Crippen LogP contribution >= 0.6 is 7.60 Å². The van der Waals surface area contributed by atoms with E-state index in [-0.39, 0.29) is 6.29 Å². The highest BCUT2D eigenvalue weighted by Crippen LogP contribution is 2.44. The molecule has 0 aliphatic carbocycles. The summed E-state index contributed by atoms with van der Waals surface area (Å²) in [5.74, 6) is -0.434. The monoisotopic (exact) mass is 377 g/mol. The molecule has 6 nitrogen and oxygen atoms in total. The number of carbonyl (C=O) groups is 1. The second kappa shape index (κ2) is 9.64. The first-order chi connectivity index (χ1) is 12.5. The van der Waals surface area contributed by atoms with Crippen LogP contribution in [0.3, 0.4) is 0 Å². The van der Waals surface area contributed by atoms with Crippen molar-refractivity contribution in [3.63, 3.8) is 0 Å². The van der Waals surface area contributed by atoms with E-state index < -0.39 is 19.6 Å².